The number of amides is 1. The Morgan fingerprint density at radius 2 is 1.80 bits per heavy atom. The fraction of sp³-hybridized carbons (Fsp3) is 0.529. The second-order valence-corrected chi connectivity index (χ2v) is 8.45. The van der Waals surface area contributed by atoms with Crippen molar-refractivity contribution in [2.75, 3.05) is 31.3 Å². The van der Waals surface area contributed by atoms with Gasteiger partial charge in [0.25, 0.3) is 0 Å². The summed E-state index contributed by atoms with van der Waals surface area (Å²) in [5.74, 6) is -0.682. The Morgan fingerprint density at radius 1 is 1.20 bits per heavy atom. The van der Waals surface area contributed by atoms with Crippen LogP contribution in [0.5, 0.6) is 0 Å². The van der Waals surface area contributed by atoms with E-state index in [1.165, 1.54) is 14.0 Å². The highest BCUT2D eigenvalue weighted by molar-refractivity contribution is 7.89. The number of rotatable bonds is 8. The Kier molecular flexibility index (Phi) is 5.84. The smallest absolute Gasteiger partial charge is 0.316 e. The molecule has 1 amide bonds. The predicted molar refractivity (Wildman–Crippen MR) is 94.7 cm³/mol. The van der Waals surface area contributed by atoms with Crippen molar-refractivity contribution >= 4 is 27.6 Å². The first-order valence-corrected chi connectivity index (χ1v) is 9.87. The molecule has 25 heavy (non-hydrogen) atoms. The van der Waals surface area contributed by atoms with Gasteiger partial charge in [-0.05, 0) is 44.4 Å². The van der Waals surface area contributed by atoms with Crippen LogP contribution in [-0.4, -0.2) is 50.6 Å². The lowest BCUT2D eigenvalue weighted by Gasteiger charge is -2.16. The molecule has 2 rings (SSSR count). The summed E-state index contributed by atoms with van der Waals surface area (Å²) in [5, 5.41) is 2.66. The molecule has 0 aliphatic heterocycles. The maximum atomic E-state index is 12.1. The van der Waals surface area contributed by atoms with Crippen LogP contribution < -0.4 is 5.32 Å². The minimum atomic E-state index is -3.40. The van der Waals surface area contributed by atoms with Crippen molar-refractivity contribution in [1.29, 1.82) is 0 Å². The van der Waals surface area contributed by atoms with Crippen LogP contribution >= 0.6 is 0 Å². The zero-order valence-electron chi connectivity index (χ0n) is 14.7. The van der Waals surface area contributed by atoms with Gasteiger partial charge in [-0.3, -0.25) is 9.59 Å². The Hall–Kier alpha value is -1.93. The average Bonchev–Trinajstić information content (AvgIpc) is 3.37. The number of sulfonamides is 1. The van der Waals surface area contributed by atoms with Crippen LogP contribution in [0, 0.1) is 0 Å². The SMILES string of the molecule is CCOC(=O)C1(c2ccc(NC(=O)CN(C)S(=O)(=O)CC)cc2)CC1. The summed E-state index contributed by atoms with van der Waals surface area (Å²) in [5.41, 5.74) is 0.874. The fourth-order valence-corrected chi connectivity index (χ4v) is 3.35. The number of carbonyl (C=O) groups is 2. The first-order chi connectivity index (χ1) is 11.7. The van der Waals surface area contributed by atoms with Gasteiger partial charge in [0.15, 0.2) is 0 Å². The van der Waals surface area contributed by atoms with E-state index in [1.807, 2.05) is 0 Å². The highest BCUT2D eigenvalue weighted by Crippen LogP contribution is 2.49. The summed E-state index contributed by atoms with van der Waals surface area (Å²) >= 11 is 0. The van der Waals surface area contributed by atoms with Crippen LogP contribution in [-0.2, 0) is 29.8 Å². The number of esters is 1. The molecule has 138 valence electrons. The van der Waals surface area contributed by atoms with Crippen LogP contribution in [0.2, 0.25) is 0 Å². The van der Waals surface area contributed by atoms with Crippen molar-refractivity contribution in [2.45, 2.75) is 32.1 Å². The van der Waals surface area contributed by atoms with E-state index in [2.05, 4.69) is 5.32 Å². The molecule has 0 saturated heterocycles. The van der Waals surface area contributed by atoms with Crippen molar-refractivity contribution in [3.63, 3.8) is 0 Å². The summed E-state index contributed by atoms with van der Waals surface area (Å²) in [6.45, 7) is 3.41. The number of carbonyl (C=O) groups excluding carboxylic acids is 2. The number of nitrogens with zero attached hydrogens (tertiary/aromatic N) is 1. The Labute approximate surface area is 148 Å². The van der Waals surface area contributed by atoms with Crippen LogP contribution in [0.15, 0.2) is 24.3 Å². The molecule has 1 saturated carbocycles. The number of anilines is 1. The monoisotopic (exact) mass is 368 g/mol. The Bertz CT molecular complexity index is 739. The second-order valence-electron chi connectivity index (χ2n) is 6.08. The van der Waals surface area contributed by atoms with Gasteiger partial charge in [-0.15, -0.1) is 0 Å². The third-order valence-corrected chi connectivity index (χ3v) is 6.15. The number of benzene rings is 1. The standard InChI is InChI=1S/C17H24N2O5S/c1-4-24-16(21)17(10-11-17)13-6-8-14(9-7-13)18-15(20)12-19(3)25(22,23)5-2/h6-9H,4-5,10-12H2,1-3H3,(H,18,20). The van der Waals surface area contributed by atoms with Crippen LogP contribution in [0.4, 0.5) is 5.69 Å². The number of likely N-dealkylation sites (N-methyl/N-ethyl adjacent to an activating group) is 1. The zero-order chi connectivity index (χ0) is 18.7. The van der Waals surface area contributed by atoms with Gasteiger partial charge in [0.1, 0.15) is 0 Å². The van der Waals surface area contributed by atoms with Gasteiger partial charge in [0.2, 0.25) is 15.9 Å². The molecular weight excluding hydrogens is 344 g/mol. The maximum absolute atomic E-state index is 12.1. The molecule has 0 atom stereocenters. The van der Waals surface area contributed by atoms with Crippen LogP contribution in [0.3, 0.4) is 0 Å². The molecule has 1 aliphatic rings. The summed E-state index contributed by atoms with van der Waals surface area (Å²) in [4.78, 5) is 24.1. The number of hydrogen-bond donors (Lipinski definition) is 1. The lowest BCUT2D eigenvalue weighted by Crippen LogP contribution is -2.35. The van der Waals surface area contributed by atoms with E-state index in [0.29, 0.717) is 12.3 Å². The van der Waals surface area contributed by atoms with Gasteiger partial charge < -0.3 is 10.1 Å². The third-order valence-electron chi connectivity index (χ3n) is 4.34. The topological polar surface area (TPSA) is 92.8 Å². The molecule has 0 aromatic heterocycles. The molecule has 1 aliphatic carbocycles. The number of ether oxygens (including phenoxy) is 1. The van der Waals surface area contributed by atoms with Crippen molar-refractivity contribution in [1.82, 2.24) is 4.31 Å². The lowest BCUT2D eigenvalue weighted by molar-refractivity contribution is -0.146. The van der Waals surface area contributed by atoms with Crippen molar-refractivity contribution in [2.24, 2.45) is 0 Å². The van der Waals surface area contributed by atoms with E-state index in [0.717, 1.165) is 22.7 Å². The zero-order valence-corrected chi connectivity index (χ0v) is 15.6. The van der Waals surface area contributed by atoms with Crippen LogP contribution in [0.1, 0.15) is 32.3 Å². The van der Waals surface area contributed by atoms with E-state index in [-0.39, 0.29) is 18.3 Å². The minimum Gasteiger partial charge on any atom is -0.465 e. The highest BCUT2D eigenvalue weighted by Gasteiger charge is 2.52. The van der Waals surface area contributed by atoms with E-state index in [1.54, 1.807) is 31.2 Å². The van der Waals surface area contributed by atoms with Gasteiger partial charge in [-0.2, -0.15) is 4.31 Å². The van der Waals surface area contributed by atoms with E-state index in [4.69, 9.17) is 4.74 Å². The molecule has 0 bridgehead atoms. The Balaban J connectivity index is 1.99. The first kappa shape index (κ1) is 19.4. The van der Waals surface area contributed by atoms with E-state index in [9.17, 15) is 18.0 Å². The number of nitrogens with one attached hydrogen (secondary N) is 1. The molecule has 1 fully saturated rings. The fourth-order valence-electron chi connectivity index (χ4n) is 2.60. The normalized spacial score (nSPS) is 15.7. The molecule has 8 heteroatoms. The largest absolute Gasteiger partial charge is 0.465 e. The summed E-state index contributed by atoms with van der Waals surface area (Å²) in [6.07, 6.45) is 1.52. The quantitative estimate of drug-likeness (QED) is 0.702. The molecule has 1 aromatic rings. The number of hydrogen-bond acceptors (Lipinski definition) is 5. The van der Waals surface area contributed by atoms with Gasteiger partial charge in [0, 0.05) is 12.7 Å². The Morgan fingerprint density at radius 3 is 2.28 bits per heavy atom. The maximum Gasteiger partial charge on any atom is 0.316 e. The van der Waals surface area contributed by atoms with Gasteiger partial charge in [-0.25, -0.2) is 8.42 Å². The van der Waals surface area contributed by atoms with Crippen LogP contribution in [0.25, 0.3) is 0 Å². The molecular formula is C17H24N2O5S. The van der Waals surface area contributed by atoms with Gasteiger partial charge in [0.05, 0.1) is 24.3 Å². The van der Waals surface area contributed by atoms with Gasteiger partial charge in [-0.1, -0.05) is 12.1 Å². The molecule has 1 N–H and O–H groups in total. The van der Waals surface area contributed by atoms with Crippen molar-refractivity contribution in [3.8, 4) is 0 Å². The summed E-state index contributed by atoms with van der Waals surface area (Å²) in [6, 6.07) is 7.01. The first-order valence-electron chi connectivity index (χ1n) is 8.27. The predicted octanol–water partition coefficient (Wildman–Crippen LogP) is 1.50. The lowest BCUT2D eigenvalue weighted by atomic mass is 9.96. The second kappa shape index (κ2) is 7.53. The van der Waals surface area contributed by atoms with Gasteiger partial charge >= 0.3 is 5.97 Å². The summed E-state index contributed by atoms with van der Waals surface area (Å²) < 4.78 is 29.5. The van der Waals surface area contributed by atoms with Crippen molar-refractivity contribution in [3.05, 3.63) is 29.8 Å². The highest BCUT2D eigenvalue weighted by atomic mass is 32.2. The molecule has 0 spiro atoms. The summed E-state index contributed by atoms with van der Waals surface area (Å²) in [7, 11) is -2.02. The van der Waals surface area contributed by atoms with Crippen molar-refractivity contribution < 1.29 is 22.7 Å². The molecule has 7 nitrogen and oxygen atoms in total. The van der Waals surface area contributed by atoms with E-state index >= 15 is 0 Å². The molecule has 0 heterocycles. The molecule has 1 aromatic carbocycles. The van der Waals surface area contributed by atoms with E-state index < -0.39 is 21.3 Å². The third kappa shape index (κ3) is 4.38. The molecule has 0 radical (unpaired) electrons. The molecule has 0 unspecified atom stereocenters. The average molecular weight is 368 g/mol. The minimum absolute atomic E-state index is 0.0541.